The molecular weight excluding hydrogens is 246 g/mol. The minimum Gasteiger partial charge on any atom is -0.468 e. The number of fused-ring (bicyclic) bond motifs is 1. The van der Waals surface area contributed by atoms with E-state index in [1.165, 1.54) is 20.0 Å². The second kappa shape index (κ2) is 4.92. The number of carbonyl (C=O) groups is 1. The van der Waals surface area contributed by atoms with Gasteiger partial charge in [0.15, 0.2) is 0 Å². The van der Waals surface area contributed by atoms with Gasteiger partial charge in [-0.2, -0.15) is 0 Å². The number of aryl methyl sites for hydroxylation is 1. The van der Waals surface area contributed by atoms with Gasteiger partial charge in [0.25, 0.3) is 0 Å². The van der Waals surface area contributed by atoms with Gasteiger partial charge < -0.3 is 9.15 Å². The van der Waals surface area contributed by atoms with E-state index in [1.54, 1.807) is 6.92 Å². The van der Waals surface area contributed by atoms with E-state index in [0.717, 1.165) is 13.0 Å². The maximum atomic E-state index is 12.0. The van der Waals surface area contributed by atoms with Gasteiger partial charge in [0.05, 0.1) is 13.7 Å². The van der Waals surface area contributed by atoms with Crippen molar-refractivity contribution in [3.8, 4) is 0 Å². The summed E-state index contributed by atoms with van der Waals surface area (Å²) in [5.41, 5.74) is 0. The van der Waals surface area contributed by atoms with Crippen LogP contribution in [-0.4, -0.2) is 40.8 Å². The Morgan fingerprint density at radius 3 is 3.00 bits per heavy atom. The van der Waals surface area contributed by atoms with E-state index in [2.05, 4.69) is 15.1 Å². The molecule has 0 bridgehead atoms. The van der Waals surface area contributed by atoms with E-state index >= 15 is 0 Å². The lowest BCUT2D eigenvalue weighted by Crippen LogP contribution is -2.40. The van der Waals surface area contributed by atoms with Crippen LogP contribution in [-0.2, 0) is 16.1 Å². The summed E-state index contributed by atoms with van der Waals surface area (Å²) in [6.07, 6.45) is 3.54. The lowest BCUT2D eigenvalue weighted by atomic mass is 9.94. The average molecular weight is 265 g/mol. The third-order valence-electron chi connectivity index (χ3n) is 4.33. The lowest BCUT2D eigenvalue weighted by molar-refractivity contribution is -0.147. The Morgan fingerprint density at radius 1 is 1.47 bits per heavy atom. The van der Waals surface area contributed by atoms with Crippen LogP contribution >= 0.6 is 0 Å². The smallest absolute Gasteiger partial charge is 0.323 e. The molecule has 1 saturated carbocycles. The van der Waals surface area contributed by atoms with Crippen molar-refractivity contribution in [3.05, 3.63) is 11.8 Å². The molecule has 2 heterocycles. The van der Waals surface area contributed by atoms with E-state index in [4.69, 9.17) is 9.15 Å². The van der Waals surface area contributed by atoms with Crippen LogP contribution in [0.1, 0.15) is 31.0 Å². The van der Waals surface area contributed by atoms with Crippen molar-refractivity contribution in [1.82, 2.24) is 15.1 Å². The van der Waals surface area contributed by atoms with Crippen molar-refractivity contribution in [2.75, 3.05) is 13.7 Å². The first-order valence-electron chi connectivity index (χ1n) is 6.80. The fourth-order valence-electron chi connectivity index (χ4n) is 3.58. The summed E-state index contributed by atoms with van der Waals surface area (Å²) >= 11 is 0. The predicted octanol–water partition coefficient (Wildman–Crippen LogP) is 1.15. The fourth-order valence-corrected chi connectivity index (χ4v) is 3.58. The molecule has 6 nitrogen and oxygen atoms in total. The normalized spacial score (nSPS) is 30.5. The number of aromatic nitrogens is 2. The monoisotopic (exact) mass is 265 g/mol. The van der Waals surface area contributed by atoms with Crippen molar-refractivity contribution in [1.29, 1.82) is 0 Å². The van der Waals surface area contributed by atoms with Crippen LogP contribution in [0.3, 0.4) is 0 Å². The minimum atomic E-state index is -0.148. The Bertz CT molecular complexity index is 473. The van der Waals surface area contributed by atoms with E-state index in [9.17, 15) is 4.79 Å². The average Bonchev–Trinajstić information content (AvgIpc) is 3.05. The van der Waals surface area contributed by atoms with Gasteiger partial charge >= 0.3 is 5.97 Å². The maximum absolute atomic E-state index is 12.0. The van der Waals surface area contributed by atoms with Crippen LogP contribution in [0.4, 0.5) is 0 Å². The Balaban J connectivity index is 1.77. The van der Waals surface area contributed by atoms with E-state index in [0.29, 0.717) is 30.2 Å². The first-order valence-corrected chi connectivity index (χ1v) is 6.80. The van der Waals surface area contributed by atoms with Crippen LogP contribution in [0.2, 0.25) is 0 Å². The fraction of sp³-hybridized carbons (Fsp3) is 0.769. The van der Waals surface area contributed by atoms with Gasteiger partial charge in [-0.3, -0.25) is 9.69 Å². The molecule has 0 radical (unpaired) electrons. The second-order valence-electron chi connectivity index (χ2n) is 5.47. The molecule has 6 heteroatoms. The number of ether oxygens (including phenoxy) is 1. The standard InChI is InChI=1S/C13H19N3O3/c1-8-14-15-11(19-8)7-16-6-9-4-3-5-10(9)12(16)13(17)18-2/h9-10,12H,3-7H2,1-2H3/t9-,10-,12-/m0/s1. The maximum Gasteiger partial charge on any atom is 0.323 e. The van der Waals surface area contributed by atoms with Gasteiger partial charge in [-0.1, -0.05) is 6.42 Å². The largest absolute Gasteiger partial charge is 0.468 e. The van der Waals surface area contributed by atoms with E-state index in [-0.39, 0.29) is 12.0 Å². The third-order valence-corrected chi connectivity index (χ3v) is 4.33. The molecule has 3 atom stereocenters. The van der Waals surface area contributed by atoms with Gasteiger partial charge in [-0.05, 0) is 24.7 Å². The van der Waals surface area contributed by atoms with Gasteiger partial charge in [0.2, 0.25) is 11.8 Å². The molecule has 1 aliphatic heterocycles. The summed E-state index contributed by atoms with van der Waals surface area (Å²) in [7, 11) is 1.46. The molecule has 1 aromatic rings. The van der Waals surface area contributed by atoms with E-state index in [1.807, 2.05) is 0 Å². The zero-order valence-corrected chi connectivity index (χ0v) is 11.3. The summed E-state index contributed by atoms with van der Waals surface area (Å²) in [6, 6.07) is -0.148. The number of nitrogens with zero attached hydrogens (tertiary/aromatic N) is 3. The lowest BCUT2D eigenvalue weighted by Gasteiger charge is -2.23. The number of rotatable bonds is 3. The Labute approximate surface area is 112 Å². The highest BCUT2D eigenvalue weighted by Crippen LogP contribution is 2.42. The first kappa shape index (κ1) is 12.6. The van der Waals surface area contributed by atoms with Crippen molar-refractivity contribution in [2.24, 2.45) is 11.8 Å². The molecule has 0 aromatic carbocycles. The number of hydrogen-bond donors (Lipinski definition) is 0. The van der Waals surface area contributed by atoms with Crippen LogP contribution in [0, 0.1) is 18.8 Å². The van der Waals surface area contributed by atoms with Gasteiger partial charge in [-0.15, -0.1) is 10.2 Å². The zero-order chi connectivity index (χ0) is 13.4. The predicted molar refractivity (Wildman–Crippen MR) is 66.1 cm³/mol. The highest BCUT2D eigenvalue weighted by atomic mass is 16.5. The molecule has 3 rings (SSSR count). The van der Waals surface area contributed by atoms with Crippen molar-refractivity contribution < 1.29 is 13.9 Å². The van der Waals surface area contributed by atoms with Crippen molar-refractivity contribution in [2.45, 2.75) is 38.8 Å². The van der Waals surface area contributed by atoms with Crippen LogP contribution in [0.15, 0.2) is 4.42 Å². The molecule has 0 unspecified atom stereocenters. The number of esters is 1. The number of likely N-dealkylation sites (tertiary alicyclic amines) is 1. The molecule has 1 saturated heterocycles. The van der Waals surface area contributed by atoms with Crippen LogP contribution < -0.4 is 0 Å². The van der Waals surface area contributed by atoms with Crippen LogP contribution in [0.5, 0.6) is 0 Å². The number of carbonyl (C=O) groups excluding carboxylic acids is 1. The number of methoxy groups -OCH3 is 1. The summed E-state index contributed by atoms with van der Waals surface area (Å²) in [5.74, 6) is 2.03. The highest BCUT2D eigenvalue weighted by Gasteiger charge is 2.48. The molecule has 104 valence electrons. The summed E-state index contributed by atoms with van der Waals surface area (Å²) in [5, 5.41) is 7.84. The van der Waals surface area contributed by atoms with Crippen molar-refractivity contribution >= 4 is 5.97 Å². The molecular formula is C13H19N3O3. The molecule has 0 N–H and O–H groups in total. The summed E-state index contributed by atoms with van der Waals surface area (Å²) < 4.78 is 10.4. The topological polar surface area (TPSA) is 68.5 Å². The van der Waals surface area contributed by atoms with Gasteiger partial charge in [-0.25, -0.2) is 0 Å². The van der Waals surface area contributed by atoms with Crippen molar-refractivity contribution in [3.63, 3.8) is 0 Å². The second-order valence-corrected chi connectivity index (χ2v) is 5.47. The molecule has 2 fully saturated rings. The Kier molecular flexibility index (Phi) is 3.26. The molecule has 19 heavy (non-hydrogen) atoms. The van der Waals surface area contributed by atoms with Gasteiger partial charge in [0.1, 0.15) is 6.04 Å². The quantitative estimate of drug-likeness (QED) is 0.764. The number of hydrogen-bond acceptors (Lipinski definition) is 6. The highest BCUT2D eigenvalue weighted by molar-refractivity contribution is 5.76. The minimum absolute atomic E-state index is 0.134. The first-order chi connectivity index (χ1) is 9.19. The Morgan fingerprint density at radius 2 is 2.32 bits per heavy atom. The van der Waals surface area contributed by atoms with E-state index < -0.39 is 0 Å². The zero-order valence-electron chi connectivity index (χ0n) is 11.3. The molecule has 0 amide bonds. The third kappa shape index (κ3) is 2.25. The molecule has 1 aromatic heterocycles. The molecule has 0 spiro atoms. The summed E-state index contributed by atoms with van der Waals surface area (Å²) in [6.45, 7) is 3.23. The van der Waals surface area contributed by atoms with Crippen LogP contribution in [0.25, 0.3) is 0 Å². The molecule has 2 aliphatic rings. The SMILES string of the molecule is COC(=O)[C@@H]1[C@H]2CCC[C@H]2CN1Cc1nnc(C)o1. The molecule has 1 aliphatic carbocycles. The van der Waals surface area contributed by atoms with Gasteiger partial charge in [0, 0.05) is 13.5 Å². The Hall–Kier alpha value is -1.43. The summed E-state index contributed by atoms with van der Waals surface area (Å²) in [4.78, 5) is 14.2.